The lowest BCUT2D eigenvalue weighted by Crippen LogP contribution is -2.49. The molecular weight excluding hydrogens is 298 g/mol. The summed E-state index contributed by atoms with van der Waals surface area (Å²) in [5, 5.41) is 10.3. The highest BCUT2D eigenvalue weighted by Gasteiger charge is 2.56. The van der Waals surface area contributed by atoms with E-state index in [1.54, 1.807) is 20.8 Å². The second kappa shape index (κ2) is 6.30. The van der Waals surface area contributed by atoms with Gasteiger partial charge in [-0.05, 0) is 50.9 Å². The Morgan fingerprint density at radius 1 is 1.22 bits per heavy atom. The number of aliphatic hydroxyl groups is 1. The summed E-state index contributed by atoms with van der Waals surface area (Å²) in [4.78, 5) is 26.4. The van der Waals surface area contributed by atoms with E-state index in [2.05, 4.69) is 6.92 Å². The van der Waals surface area contributed by atoms with Crippen LogP contribution < -0.4 is 0 Å². The molecule has 2 fully saturated rings. The zero-order valence-corrected chi connectivity index (χ0v) is 14.9. The van der Waals surface area contributed by atoms with Crippen molar-refractivity contribution in [2.45, 2.75) is 58.8 Å². The first-order valence-corrected chi connectivity index (χ1v) is 8.32. The van der Waals surface area contributed by atoms with Crippen molar-refractivity contribution >= 4 is 12.1 Å². The molecule has 0 unspecified atom stereocenters. The summed E-state index contributed by atoms with van der Waals surface area (Å²) >= 11 is 0. The van der Waals surface area contributed by atoms with Crippen LogP contribution in [0, 0.1) is 23.7 Å². The Morgan fingerprint density at radius 2 is 1.83 bits per heavy atom. The van der Waals surface area contributed by atoms with Gasteiger partial charge in [0, 0.05) is 6.54 Å². The SMILES string of the molecule is COC(=O)[C@@H]1[C@H]2[C@H](C)[C@H](O)C[C@H](C)[C@H]2CN1C(=O)OC(C)(C)C. The molecule has 0 spiro atoms. The Balaban J connectivity index is 2.32. The maximum Gasteiger partial charge on any atom is 0.411 e. The molecule has 1 saturated carbocycles. The molecule has 132 valence electrons. The molecule has 6 heteroatoms. The van der Waals surface area contributed by atoms with Crippen LogP contribution in [0.2, 0.25) is 0 Å². The summed E-state index contributed by atoms with van der Waals surface area (Å²) in [6.07, 6.45) is -0.258. The average Bonchev–Trinajstić information content (AvgIpc) is 2.83. The average molecular weight is 327 g/mol. The number of hydrogen-bond acceptors (Lipinski definition) is 5. The molecule has 1 saturated heterocycles. The molecule has 0 bridgehead atoms. The van der Waals surface area contributed by atoms with Crippen LogP contribution in [0.15, 0.2) is 0 Å². The number of nitrogens with zero attached hydrogens (tertiary/aromatic N) is 1. The van der Waals surface area contributed by atoms with Crippen molar-refractivity contribution in [2.24, 2.45) is 23.7 Å². The van der Waals surface area contributed by atoms with Gasteiger partial charge in [0.15, 0.2) is 0 Å². The highest BCUT2D eigenvalue weighted by atomic mass is 16.6. The first kappa shape index (κ1) is 18.0. The lowest BCUT2D eigenvalue weighted by atomic mass is 9.66. The predicted octanol–water partition coefficient (Wildman–Crippen LogP) is 2.05. The highest BCUT2D eigenvalue weighted by molar-refractivity contribution is 5.82. The Morgan fingerprint density at radius 3 is 2.35 bits per heavy atom. The van der Waals surface area contributed by atoms with E-state index in [0.717, 1.165) is 0 Å². The molecule has 23 heavy (non-hydrogen) atoms. The fraction of sp³-hybridized carbons (Fsp3) is 0.882. The number of rotatable bonds is 1. The number of carbonyl (C=O) groups excluding carboxylic acids is 2. The van der Waals surface area contributed by atoms with Crippen molar-refractivity contribution in [1.29, 1.82) is 0 Å². The minimum absolute atomic E-state index is 0.0623. The molecule has 6 nitrogen and oxygen atoms in total. The minimum atomic E-state index is -0.688. The normalized spacial score (nSPS) is 37.3. The van der Waals surface area contributed by atoms with E-state index >= 15 is 0 Å². The Bertz CT molecular complexity index is 472. The third-order valence-electron chi connectivity index (χ3n) is 5.23. The van der Waals surface area contributed by atoms with Gasteiger partial charge in [-0.3, -0.25) is 4.90 Å². The van der Waals surface area contributed by atoms with Gasteiger partial charge in [0.25, 0.3) is 0 Å². The molecule has 0 aromatic rings. The minimum Gasteiger partial charge on any atom is -0.467 e. The van der Waals surface area contributed by atoms with Crippen molar-refractivity contribution < 1.29 is 24.2 Å². The van der Waals surface area contributed by atoms with Gasteiger partial charge >= 0.3 is 12.1 Å². The largest absolute Gasteiger partial charge is 0.467 e. The van der Waals surface area contributed by atoms with Crippen LogP contribution in [0.5, 0.6) is 0 Å². The van der Waals surface area contributed by atoms with E-state index in [1.807, 2.05) is 6.92 Å². The molecule has 2 aliphatic rings. The van der Waals surface area contributed by atoms with Gasteiger partial charge < -0.3 is 14.6 Å². The fourth-order valence-corrected chi connectivity index (χ4v) is 4.08. The van der Waals surface area contributed by atoms with Crippen molar-refractivity contribution in [2.75, 3.05) is 13.7 Å². The lowest BCUT2D eigenvalue weighted by molar-refractivity contribution is -0.149. The number of aliphatic hydroxyl groups excluding tert-OH is 1. The molecule has 0 aromatic carbocycles. The predicted molar refractivity (Wildman–Crippen MR) is 84.7 cm³/mol. The smallest absolute Gasteiger partial charge is 0.411 e. The van der Waals surface area contributed by atoms with E-state index in [-0.39, 0.29) is 23.7 Å². The molecule has 1 aliphatic carbocycles. The second-order valence-corrected chi connectivity index (χ2v) is 7.98. The number of methoxy groups -OCH3 is 1. The number of amides is 1. The van der Waals surface area contributed by atoms with Crippen molar-refractivity contribution in [3.05, 3.63) is 0 Å². The molecule has 6 atom stereocenters. The Hall–Kier alpha value is -1.30. The first-order chi connectivity index (χ1) is 10.6. The summed E-state index contributed by atoms with van der Waals surface area (Å²) in [5.74, 6) is -0.186. The van der Waals surface area contributed by atoms with Gasteiger partial charge in [0.05, 0.1) is 13.2 Å². The second-order valence-electron chi connectivity index (χ2n) is 7.98. The molecule has 0 radical (unpaired) electrons. The zero-order chi connectivity index (χ0) is 17.5. The van der Waals surface area contributed by atoms with Crippen LogP contribution >= 0.6 is 0 Å². The standard InChI is InChI=1S/C17H29NO5/c1-9-7-12(19)10(2)13-11(9)8-18(14(13)15(20)22-6)16(21)23-17(3,4)5/h9-14,19H,7-8H2,1-6H3/t9-,10+,11+,12+,13-,14-/m0/s1. The van der Waals surface area contributed by atoms with E-state index in [4.69, 9.17) is 9.47 Å². The molecule has 0 aromatic heterocycles. The van der Waals surface area contributed by atoms with Gasteiger partial charge in [0.1, 0.15) is 11.6 Å². The van der Waals surface area contributed by atoms with Gasteiger partial charge in [-0.25, -0.2) is 9.59 Å². The summed E-state index contributed by atoms with van der Waals surface area (Å²) < 4.78 is 10.4. The number of likely N-dealkylation sites (tertiary alicyclic amines) is 1. The lowest BCUT2D eigenvalue weighted by Gasteiger charge is -2.40. The van der Waals surface area contributed by atoms with Gasteiger partial charge in [-0.15, -0.1) is 0 Å². The third kappa shape index (κ3) is 3.47. The number of fused-ring (bicyclic) bond motifs is 1. The van der Waals surface area contributed by atoms with Crippen LogP contribution in [0.3, 0.4) is 0 Å². The van der Waals surface area contributed by atoms with Crippen LogP contribution in [-0.2, 0) is 14.3 Å². The third-order valence-corrected chi connectivity index (χ3v) is 5.23. The first-order valence-electron chi connectivity index (χ1n) is 8.32. The quantitative estimate of drug-likeness (QED) is 0.746. The monoisotopic (exact) mass is 327 g/mol. The van der Waals surface area contributed by atoms with Gasteiger partial charge in [-0.1, -0.05) is 13.8 Å². The van der Waals surface area contributed by atoms with Crippen LogP contribution in [0.25, 0.3) is 0 Å². The van der Waals surface area contributed by atoms with Crippen LogP contribution in [0.1, 0.15) is 41.0 Å². The maximum absolute atomic E-state index is 12.6. The number of carbonyl (C=O) groups is 2. The molecule has 1 aliphatic heterocycles. The topological polar surface area (TPSA) is 76.1 Å². The summed E-state index contributed by atoms with van der Waals surface area (Å²) in [6.45, 7) is 9.89. The fourth-order valence-electron chi connectivity index (χ4n) is 4.08. The van der Waals surface area contributed by atoms with E-state index < -0.39 is 29.8 Å². The van der Waals surface area contributed by atoms with Crippen molar-refractivity contribution in [3.63, 3.8) is 0 Å². The maximum atomic E-state index is 12.6. The van der Waals surface area contributed by atoms with Crippen LogP contribution in [-0.4, -0.2) is 53.5 Å². The van der Waals surface area contributed by atoms with E-state index in [0.29, 0.717) is 13.0 Å². The summed E-state index contributed by atoms with van der Waals surface area (Å²) in [6, 6.07) is -0.688. The van der Waals surface area contributed by atoms with Gasteiger partial charge in [-0.2, -0.15) is 0 Å². The number of hydrogen-bond donors (Lipinski definition) is 1. The van der Waals surface area contributed by atoms with Crippen molar-refractivity contribution in [1.82, 2.24) is 4.90 Å². The zero-order valence-electron chi connectivity index (χ0n) is 14.9. The molecule has 1 N–H and O–H groups in total. The van der Waals surface area contributed by atoms with Gasteiger partial charge in [0.2, 0.25) is 0 Å². The summed E-state index contributed by atoms with van der Waals surface area (Å²) in [7, 11) is 1.33. The number of ether oxygens (including phenoxy) is 2. The highest BCUT2D eigenvalue weighted by Crippen LogP contribution is 2.47. The molecule has 1 heterocycles. The Kier molecular flexibility index (Phi) is 4.95. The Labute approximate surface area is 138 Å². The van der Waals surface area contributed by atoms with Crippen molar-refractivity contribution in [3.8, 4) is 0 Å². The molecular formula is C17H29NO5. The van der Waals surface area contributed by atoms with E-state index in [1.165, 1.54) is 12.0 Å². The number of esters is 1. The van der Waals surface area contributed by atoms with Crippen LogP contribution in [0.4, 0.5) is 4.79 Å². The molecule has 2 rings (SSSR count). The van der Waals surface area contributed by atoms with E-state index in [9.17, 15) is 14.7 Å². The molecule has 1 amide bonds. The summed E-state index contributed by atoms with van der Waals surface area (Å²) in [5.41, 5.74) is -0.623.